The lowest BCUT2D eigenvalue weighted by atomic mass is 9.91. The fourth-order valence-corrected chi connectivity index (χ4v) is 3.19. The number of benzene rings is 2. The molecule has 0 saturated heterocycles. The number of nitrogens with one attached hydrogen (secondary N) is 2. The van der Waals surface area contributed by atoms with E-state index in [4.69, 9.17) is 5.73 Å². The first-order chi connectivity index (χ1) is 12.8. The molecule has 2 aromatic heterocycles. The third kappa shape index (κ3) is 3.41. The van der Waals surface area contributed by atoms with Gasteiger partial charge in [-0.2, -0.15) is 10.3 Å². The molecule has 1 unspecified atom stereocenters. The van der Waals surface area contributed by atoms with Gasteiger partial charge in [-0.15, -0.1) is 5.10 Å². The Morgan fingerprint density at radius 1 is 0.962 bits per heavy atom. The largest absolute Gasteiger partial charge is 0.384 e. The lowest BCUT2D eigenvalue weighted by molar-refractivity contribution is 0.637. The van der Waals surface area contributed by atoms with Gasteiger partial charge in [0.25, 0.3) is 0 Å². The summed E-state index contributed by atoms with van der Waals surface area (Å²) in [5.41, 5.74) is 10.8. The molecular formula is C20H20N6. The molecule has 4 aromatic rings. The lowest BCUT2D eigenvalue weighted by Gasteiger charge is -2.19. The van der Waals surface area contributed by atoms with Gasteiger partial charge < -0.3 is 11.1 Å². The zero-order chi connectivity index (χ0) is 17.8. The molecule has 0 amide bonds. The van der Waals surface area contributed by atoms with Crippen molar-refractivity contribution in [2.24, 2.45) is 0 Å². The molecule has 6 heteroatoms. The number of H-pyrrole nitrogens is 1. The predicted octanol–water partition coefficient (Wildman–Crippen LogP) is 2.86. The van der Waals surface area contributed by atoms with Gasteiger partial charge in [-0.05, 0) is 22.8 Å². The Morgan fingerprint density at radius 3 is 2.46 bits per heavy atom. The standard InChI is InChI=1S/C20H20N6/c21-18-11-16(19-20(23-18)25-26-24-19)17(15-9-5-2-6-10-15)13-22-12-14-7-3-1-4-8-14/h1-11,17,22H,12-13H2,(H3,21,23,24,25,26). The fraction of sp³-hybridized carbons (Fsp3) is 0.150. The van der Waals surface area contributed by atoms with E-state index in [1.54, 1.807) is 0 Å². The van der Waals surface area contributed by atoms with Crippen LogP contribution in [-0.2, 0) is 6.54 Å². The molecular weight excluding hydrogens is 324 g/mol. The number of nitrogens with two attached hydrogens (primary N) is 1. The number of nitrogens with zero attached hydrogens (tertiary/aromatic N) is 3. The second-order valence-electron chi connectivity index (χ2n) is 6.21. The minimum absolute atomic E-state index is 0.0952. The van der Waals surface area contributed by atoms with Crippen LogP contribution in [0.5, 0.6) is 0 Å². The van der Waals surface area contributed by atoms with Crippen molar-refractivity contribution in [2.75, 3.05) is 12.3 Å². The van der Waals surface area contributed by atoms with E-state index in [0.29, 0.717) is 11.5 Å². The molecule has 0 spiro atoms. The topological polar surface area (TPSA) is 92.5 Å². The van der Waals surface area contributed by atoms with Crippen LogP contribution in [0, 0.1) is 0 Å². The van der Waals surface area contributed by atoms with Gasteiger partial charge in [0.05, 0.1) is 0 Å². The zero-order valence-electron chi connectivity index (χ0n) is 14.3. The van der Waals surface area contributed by atoms with Gasteiger partial charge in [0.1, 0.15) is 11.3 Å². The van der Waals surface area contributed by atoms with Crippen molar-refractivity contribution in [1.29, 1.82) is 0 Å². The van der Waals surface area contributed by atoms with Gasteiger partial charge in [-0.3, -0.25) is 0 Å². The van der Waals surface area contributed by atoms with Crippen LogP contribution in [0.25, 0.3) is 11.2 Å². The van der Waals surface area contributed by atoms with Crippen molar-refractivity contribution < 1.29 is 0 Å². The highest BCUT2D eigenvalue weighted by atomic mass is 15.3. The molecule has 0 aliphatic rings. The number of anilines is 1. The summed E-state index contributed by atoms with van der Waals surface area (Å²) in [7, 11) is 0. The van der Waals surface area contributed by atoms with E-state index < -0.39 is 0 Å². The van der Waals surface area contributed by atoms with Crippen molar-refractivity contribution in [3.05, 3.63) is 83.4 Å². The summed E-state index contributed by atoms with van der Waals surface area (Å²) >= 11 is 0. The normalized spacial score (nSPS) is 12.3. The van der Waals surface area contributed by atoms with Gasteiger partial charge in [0, 0.05) is 19.0 Å². The van der Waals surface area contributed by atoms with Crippen LogP contribution in [0.1, 0.15) is 22.6 Å². The molecule has 0 fully saturated rings. The van der Waals surface area contributed by atoms with Crippen LogP contribution in [0.3, 0.4) is 0 Å². The highest BCUT2D eigenvalue weighted by Crippen LogP contribution is 2.29. The Balaban J connectivity index is 1.66. The number of rotatable bonds is 6. The summed E-state index contributed by atoms with van der Waals surface area (Å²) in [5, 5.41) is 14.6. The molecule has 6 nitrogen and oxygen atoms in total. The fourth-order valence-electron chi connectivity index (χ4n) is 3.19. The van der Waals surface area contributed by atoms with Gasteiger partial charge in [0.2, 0.25) is 5.65 Å². The first-order valence-corrected chi connectivity index (χ1v) is 8.58. The van der Waals surface area contributed by atoms with Crippen molar-refractivity contribution in [2.45, 2.75) is 12.5 Å². The average molecular weight is 344 g/mol. The van der Waals surface area contributed by atoms with Crippen LogP contribution >= 0.6 is 0 Å². The SMILES string of the molecule is Nc1cc(C(CNCc2ccccc2)c2ccccc2)c2n[nH]nc2n1. The Labute approximate surface area is 151 Å². The number of nitrogen functional groups attached to an aromatic ring is 1. The number of aromatic amines is 1. The van der Waals surface area contributed by atoms with Gasteiger partial charge >= 0.3 is 0 Å². The van der Waals surface area contributed by atoms with E-state index in [2.05, 4.69) is 50.0 Å². The van der Waals surface area contributed by atoms with Crippen molar-refractivity contribution in [3.63, 3.8) is 0 Å². The number of pyridine rings is 1. The molecule has 0 radical (unpaired) electrons. The molecule has 26 heavy (non-hydrogen) atoms. The number of aromatic nitrogens is 4. The summed E-state index contributed by atoms with van der Waals surface area (Å²) < 4.78 is 0. The Hall–Kier alpha value is -3.25. The highest BCUT2D eigenvalue weighted by molar-refractivity contribution is 5.77. The van der Waals surface area contributed by atoms with E-state index in [1.165, 1.54) is 11.1 Å². The molecule has 130 valence electrons. The van der Waals surface area contributed by atoms with Crippen molar-refractivity contribution in [1.82, 2.24) is 25.7 Å². The zero-order valence-corrected chi connectivity index (χ0v) is 14.3. The molecule has 2 heterocycles. The summed E-state index contributed by atoms with van der Waals surface area (Å²) in [5.74, 6) is 0.545. The van der Waals surface area contributed by atoms with E-state index in [0.717, 1.165) is 24.2 Å². The van der Waals surface area contributed by atoms with E-state index in [1.807, 2.05) is 42.5 Å². The minimum atomic E-state index is 0.0952. The maximum atomic E-state index is 6.01. The van der Waals surface area contributed by atoms with Crippen LogP contribution in [0.4, 0.5) is 5.82 Å². The summed E-state index contributed by atoms with van der Waals surface area (Å²) in [6.45, 7) is 1.55. The molecule has 4 N–H and O–H groups in total. The highest BCUT2D eigenvalue weighted by Gasteiger charge is 2.20. The van der Waals surface area contributed by atoms with Gasteiger partial charge in [0.15, 0.2) is 0 Å². The van der Waals surface area contributed by atoms with E-state index in [-0.39, 0.29) is 5.92 Å². The molecule has 0 aliphatic carbocycles. The molecule has 2 aromatic carbocycles. The van der Waals surface area contributed by atoms with Gasteiger partial charge in [-0.25, -0.2) is 4.98 Å². The Bertz CT molecular complexity index is 981. The minimum Gasteiger partial charge on any atom is -0.384 e. The quantitative estimate of drug-likeness (QED) is 0.500. The maximum Gasteiger partial charge on any atom is 0.203 e. The summed E-state index contributed by atoms with van der Waals surface area (Å²) in [6.07, 6.45) is 0. The second kappa shape index (κ2) is 7.33. The number of hydrogen-bond donors (Lipinski definition) is 3. The number of hydrogen-bond acceptors (Lipinski definition) is 5. The summed E-state index contributed by atoms with van der Waals surface area (Å²) in [6, 6.07) is 22.6. The second-order valence-corrected chi connectivity index (χ2v) is 6.21. The van der Waals surface area contributed by atoms with Crippen LogP contribution in [0.2, 0.25) is 0 Å². The molecule has 1 atom stereocenters. The predicted molar refractivity (Wildman–Crippen MR) is 103 cm³/mol. The Morgan fingerprint density at radius 2 is 1.69 bits per heavy atom. The molecule has 4 rings (SSSR count). The first kappa shape index (κ1) is 16.2. The van der Waals surface area contributed by atoms with E-state index in [9.17, 15) is 0 Å². The van der Waals surface area contributed by atoms with Crippen LogP contribution < -0.4 is 11.1 Å². The van der Waals surface area contributed by atoms with Crippen LogP contribution in [0.15, 0.2) is 66.7 Å². The third-order valence-corrected chi connectivity index (χ3v) is 4.44. The lowest BCUT2D eigenvalue weighted by Crippen LogP contribution is -2.22. The monoisotopic (exact) mass is 344 g/mol. The molecule has 0 bridgehead atoms. The van der Waals surface area contributed by atoms with Crippen molar-refractivity contribution in [3.8, 4) is 0 Å². The van der Waals surface area contributed by atoms with E-state index >= 15 is 0 Å². The van der Waals surface area contributed by atoms with Crippen molar-refractivity contribution >= 4 is 17.0 Å². The molecule has 0 saturated carbocycles. The average Bonchev–Trinajstić information content (AvgIpc) is 3.15. The van der Waals surface area contributed by atoms with Gasteiger partial charge in [-0.1, -0.05) is 60.7 Å². The van der Waals surface area contributed by atoms with Crippen LogP contribution in [-0.4, -0.2) is 26.9 Å². The number of fused-ring (bicyclic) bond motifs is 1. The first-order valence-electron chi connectivity index (χ1n) is 8.58. The maximum absolute atomic E-state index is 6.01. The smallest absolute Gasteiger partial charge is 0.203 e. The summed E-state index contributed by atoms with van der Waals surface area (Å²) in [4.78, 5) is 4.25. The molecule has 0 aliphatic heterocycles. The third-order valence-electron chi connectivity index (χ3n) is 4.44. The Kier molecular flexibility index (Phi) is 4.57.